The van der Waals surface area contributed by atoms with Crippen molar-refractivity contribution < 1.29 is 4.42 Å². The van der Waals surface area contributed by atoms with Crippen LogP contribution in [0.3, 0.4) is 0 Å². The SMILES string of the molecule is Clc1cccc(CNc2c(-c3ccoc3)nc3n2CCNC3)c1. The van der Waals surface area contributed by atoms with Gasteiger partial charge in [0.15, 0.2) is 0 Å². The molecule has 1 aliphatic heterocycles. The molecule has 23 heavy (non-hydrogen) atoms. The highest BCUT2D eigenvalue weighted by molar-refractivity contribution is 6.30. The highest BCUT2D eigenvalue weighted by atomic mass is 35.5. The van der Waals surface area contributed by atoms with Gasteiger partial charge in [0.1, 0.15) is 17.3 Å². The second-order valence-corrected chi connectivity index (χ2v) is 5.99. The predicted octanol–water partition coefficient (Wildman–Crippen LogP) is 3.51. The van der Waals surface area contributed by atoms with E-state index < -0.39 is 0 Å². The van der Waals surface area contributed by atoms with Gasteiger partial charge in [0.05, 0.1) is 19.1 Å². The van der Waals surface area contributed by atoms with Crippen molar-refractivity contribution >= 4 is 17.4 Å². The van der Waals surface area contributed by atoms with E-state index in [-0.39, 0.29) is 0 Å². The predicted molar refractivity (Wildman–Crippen MR) is 90.4 cm³/mol. The van der Waals surface area contributed by atoms with E-state index >= 15 is 0 Å². The first kappa shape index (κ1) is 14.4. The number of aromatic nitrogens is 2. The Morgan fingerprint density at radius 1 is 1.35 bits per heavy atom. The Bertz CT molecular complexity index is 810. The first-order valence-corrected chi connectivity index (χ1v) is 8.00. The number of nitrogens with one attached hydrogen (secondary N) is 2. The molecule has 0 amide bonds. The number of hydrogen-bond donors (Lipinski definition) is 2. The smallest absolute Gasteiger partial charge is 0.134 e. The molecular weight excluding hydrogens is 312 g/mol. The van der Waals surface area contributed by atoms with Gasteiger partial charge in [0, 0.05) is 30.2 Å². The second-order valence-electron chi connectivity index (χ2n) is 5.55. The summed E-state index contributed by atoms with van der Waals surface area (Å²) >= 11 is 6.07. The van der Waals surface area contributed by atoms with Crippen molar-refractivity contribution in [2.45, 2.75) is 19.6 Å². The molecule has 0 aliphatic carbocycles. The molecular formula is C17H17ClN4O. The van der Waals surface area contributed by atoms with Crippen LogP contribution in [0.4, 0.5) is 5.82 Å². The van der Waals surface area contributed by atoms with E-state index in [0.29, 0.717) is 6.54 Å². The Labute approximate surface area is 139 Å². The fourth-order valence-electron chi connectivity index (χ4n) is 2.88. The number of hydrogen-bond acceptors (Lipinski definition) is 4. The Kier molecular flexibility index (Phi) is 3.81. The van der Waals surface area contributed by atoms with Gasteiger partial charge >= 0.3 is 0 Å². The fraction of sp³-hybridized carbons (Fsp3) is 0.235. The van der Waals surface area contributed by atoms with Gasteiger partial charge in [-0.2, -0.15) is 0 Å². The standard InChI is InChI=1S/C17H17ClN4O/c18-14-3-1-2-12(8-14)9-20-17-16(13-4-7-23-11-13)21-15-10-19-5-6-22(15)17/h1-4,7-8,11,19-20H,5-6,9-10H2. The van der Waals surface area contributed by atoms with Crippen LogP contribution in [0.25, 0.3) is 11.3 Å². The fourth-order valence-corrected chi connectivity index (χ4v) is 3.09. The molecule has 0 fully saturated rings. The number of fused-ring (bicyclic) bond motifs is 1. The monoisotopic (exact) mass is 328 g/mol. The molecule has 0 saturated heterocycles. The lowest BCUT2D eigenvalue weighted by Gasteiger charge is -2.18. The number of benzene rings is 1. The maximum Gasteiger partial charge on any atom is 0.134 e. The number of furan rings is 1. The van der Waals surface area contributed by atoms with E-state index in [4.69, 9.17) is 21.0 Å². The van der Waals surface area contributed by atoms with E-state index in [1.165, 1.54) is 0 Å². The van der Waals surface area contributed by atoms with Crippen molar-refractivity contribution in [1.29, 1.82) is 0 Å². The maximum atomic E-state index is 6.07. The summed E-state index contributed by atoms with van der Waals surface area (Å²) in [5.41, 5.74) is 3.06. The quantitative estimate of drug-likeness (QED) is 0.769. The lowest BCUT2D eigenvalue weighted by molar-refractivity contribution is 0.508. The summed E-state index contributed by atoms with van der Waals surface area (Å²) in [5, 5.41) is 7.63. The van der Waals surface area contributed by atoms with Crippen LogP contribution in [0, 0.1) is 0 Å². The molecule has 6 heteroatoms. The van der Waals surface area contributed by atoms with E-state index in [1.807, 2.05) is 24.3 Å². The number of anilines is 1. The lowest BCUT2D eigenvalue weighted by atomic mass is 10.2. The van der Waals surface area contributed by atoms with Crippen LogP contribution in [-0.4, -0.2) is 16.1 Å². The van der Waals surface area contributed by atoms with E-state index in [1.54, 1.807) is 12.5 Å². The molecule has 0 saturated carbocycles. The van der Waals surface area contributed by atoms with Crippen LogP contribution in [0.15, 0.2) is 47.3 Å². The Balaban J connectivity index is 1.67. The molecule has 0 spiro atoms. The zero-order valence-electron chi connectivity index (χ0n) is 12.6. The normalized spacial score (nSPS) is 13.8. The molecule has 4 rings (SSSR count). The Morgan fingerprint density at radius 3 is 3.13 bits per heavy atom. The molecule has 0 bridgehead atoms. The third-order valence-corrected chi connectivity index (χ3v) is 4.22. The van der Waals surface area contributed by atoms with Crippen LogP contribution in [0.1, 0.15) is 11.4 Å². The third-order valence-electron chi connectivity index (χ3n) is 3.99. The van der Waals surface area contributed by atoms with Crippen LogP contribution in [0.5, 0.6) is 0 Å². The van der Waals surface area contributed by atoms with Crippen molar-refractivity contribution in [1.82, 2.24) is 14.9 Å². The summed E-state index contributed by atoms with van der Waals surface area (Å²) in [6.45, 7) is 3.33. The topological polar surface area (TPSA) is 55.0 Å². The zero-order valence-corrected chi connectivity index (χ0v) is 13.3. The van der Waals surface area contributed by atoms with Gasteiger partial charge in [-0.15, -0.1) is 0 Å². The summed E-state index contributed by atoms with van der Waals surface area (Å²) in [4.78, 5) is 4.77. The number of imidazole rings is 1. The van der Waals surface area contributed by atoms with E-state index in [9.17, 15) is 0 Å². The zero-order chi connectivity index (χ0) is 15.6. The summed E-state index contributed by atoms with van der Waals surface area (Å²) in [6.07, 6.45) is 3.40. The second kappa shape index (κ2) is 6.10. The van der Waals surface area contributed by atoms with Gasteiger partial charge < -0.3 is 19.6 Å². The van der Waals surface area contributed by atoms with Crippen molar-refractivity contribution in [2.24, 2.45) is 0 Å². The van der Waals surface area contributed by atoms with Gasteiger partial charge in [-0.05, 0) is 23.8 Å². The van der Waals surface area contributed by atoms with Gasteiger partial charge in [-0.25, -0.2) is 4.98 Å². The molecule has 0 unspecified atom stereocenters. The van der Waals surface area contributed by atoms with Crippen molar-refractivity contribution in [2.75, 3.05) is 11.9 Å². The van der Waals surface area contributed by atoms with Crippen molar-refractivity contribution in [3.05, 3.63) is 59.3 Å². The van der Waals surface area contributed by atoms with Crippen LogP contribution < -0.4 is 10.6 Å². The minimum Gasteiger partial charge on any atom is -0.472 e. The number of rotatable bonds is 4. The number of nitrogens with zero attached hydrogens (tertiary/aromatic N) is 2. The Morgan fingerprint density at radius 2 is 2.30 bits per heavy atom. The van der Waals surface area contributed by atoms with Gasteiger partial charge in [0.25, 0.3) is 0 Å². The van der Waals surface area contributed by atoms with E-state index in [2.05, 4.69) is 21.3 Å². The molecule has 118 valence electrons. The van der Waals surface area contributed by atoms with E-state index in [0.717, 1.165) is 53.1 Å². The Hall–Kier alpha value is -2.24. The molecule has 0 atom stereocenters. The first-order chi connectivity index (χ1) is 11.3. The highest BCUT2D eigenvalue weighted by Crippen LogP contribution is 2.30. The average molecular weight is 329 g/mol. The molecule has 3 heterocycles. The molecule has 5 nitrogen and oxygen atoms in total. The van der Waals surface area contributed by atoms with Crippen LogP contribution in [-0.2, 0) is 19.6 Å². The third kappa shape index (κ3) is 2.85. The van der Waals surface area contributed by atoms with Gasteiger partial charge in [-0.3, -0.25) is 0 Å². The summed E-state index contributed by atoms with van der Waals surface area (Å²) in [5.74, 6) is 2.07. The summed E-state index contributed by atoms with van der Waals surface area (Å²) < 4.78 is 7.46. The molecule has 0 radical (unpaired) electrons. The van der Waals surface area contributed by atoms with Gasteiger partial charge in [0.2, 0.25) is 0 Å². The number of halogens is 1. The lowest BCUT2D eigenvalue weighted by Crippen LogP contribution is -2.28. The minimum atomic E-state index is 0.698. The molecule has 2 N–H and O–H groups in total. The summed E-state index contributed by atoms with van der Waals surface area (Å²) in [7, 11) is 0. The van der Waals surface area contributed by atoms with Crippen molar-refractivity contribution in [3.63, 3.8) is 0 Å². The van der Waals surface area contributed by atoms with Crippen LogP contribution in [0.2, 0.25) is 5.02 Å². The molecule has 1 aromatic carbocycles. The maximum absolute atomic E-state index is 6.07. The van der Waals surface area contributed by atoms with Crippen molar-refractivity contribution in [3.8, 4) is 11.3 Å². The minimum absolute atomic E-state index is 0.698. The molecule has 3 aromatic rings. The molecule has 2 aromatic heterocycles. The van der Waals surface area contributed by atoms with Gasteiger partial charge in [-0.1, -0.05) is 23.7 Å². The average Bonchev–Trinajstić information content (AvgIpc) is 3.20. The molecule has 1 aliphatic rings. The summed E-state index contributed by atoms with van der Waals surface area (Å²) in [6, 6.07) is 9.82. The first-order valence-electron chi connectivity index (χ1n) is 7.62. The highest BCUT2D eigenvalue weighted by Gasteiger charge is 2.21. The van der Waals surface area contributed by atoms with Crippen LogP contribution >= 0.6 is 11.6 Å². The largest absolute Gasteiger partial charge is 0.472 e.